The van der Waals surface area contributed by atoms with Crippen LogP contribution >= 0.6 is 0 Å². The largest absolute Gasteiger partial charge is 0.466 e. The maximum absolute atomic E-state index is 11.1. The summed E-state index contributed by atoms with van der Waals surface area (Å²) in [7, 11) is 1.62. The Balaban J connectivity index is 2.26. The van der Waals surface area contributed by atoms with Crippen molar-refractivity contribution in [3.8, 4) is 0 Å². The van der Waals surface area contributed by atoms with E-state index in [1.54, 1.807) is 40.8 Å². The Morgan fingerprint density at radius 2 is 2.14 bits per heavy atom. The predicted molar refractivity (Wildman–Crippen MR) is 80.8 cm³/mol. The molecule has 2 N–H and O–H groups in total. The third kappa shape index (κ3) is 2.82. The quantitative estimate of drug-likeness (QED) is 0.647. The molecule has 0 unspecified atom stereocenters. The van der Waals surface area contributed by atoms with Crippen molar-refractivity contribution in [1.82, 2.24) is 9.78 Å². The molecule has 8 heteroatoms. The van der Waals surface area contributed by atoms with Crippen LogP contribution in [0, 0.1) is 30.9 Å². The Hall–Kier alpha value is -2.35. The van der Waals surface area contributed by atoms with Gasteiger partial charge in [0.25, 0.3) is 0 Å². The Bertz CT molecular complexity index is 715. The van der Waals surface area contributed by atoms with Crippen molar-refractivity contribution >= 4 is 11.5 Å². The standard InChI is InChI=1S/C14H20N4O4/c1-8-6-11(10(3)22-8)14(4,19)7-15-13-12(18(20)21)9(2)16-17(13)5/h6,15,19H,7H2,1-5H3/t14-/m1/s1. The van der Waals surface area contributed by atoms with Crippen molar-refractivity contribution in [2.45, 2.75) is 33.3 Å². The average Bonchev–Trinajstić information content (AvgIpc) is 2.86. The molecule has 0 spiro atoms. The minimum absolute atomic E-state index is 0.0848. The van der Waals surface area contributed by atoms with Crippen molar-refractivity contribution in [2.75, 3.05) is 11.9 Å². The number of hydrogen-bond donors (Lipinski definition) is 2. The minimum Gasteiger partial charge on any atom is -0.466 e. The maximum atomic E-state index is 11.1. The number of rotatable bonds is 5. The molecule has 0 aromatic carbocycles. The summed E-state index contributed by atoms with van der Waals surface area (Å²) in [4.78, 5) is 10.7. The summed E-state index contributed by atoms with van der Waals surface area (Å²) in [5.74, 6) is 1.59. The van der Waals surface area contributed by atoms with Gasteiger partial charge in [0.1, 0.15) is 22.8 Å². The highest BCUT2D eigenvalue weighted by atomic mass is 16.6. The number of anilines is 1. The zero-order valence-electron chi connectivity index (χ0n) is 13.3. The zero-order chi connectivity index (χ0) is 16.7. The van der Waals surface area contributed by atoms with Gasteiger partial charge >= 0.3 is 5.69 Å². The zero-order valence-corrected chi connectivity index (χ0v) is 13.3. The van der Waals surface area contributed by atoms with E-state index < -0.39 is 10.5 Å². The first-order valence-corrected chi connectivity index (χ1v) is 6.85. The molecule has 120 valence electrons. The van der Waals surface area contributed by atoms with Gasteiger partial charge in [-0.05, 0) is 33.8 Å². The predicted octanol–water partition coefficient (Wildman–Crippen LogP) is 2.17. The number of hydrogen-bond acceptors (Lipinski definition) is 6. The number of nitro groups is 1. The van der Waals surface area contributed by atoms with Crippen molar-refractivity contribution in [3.05, 3.63) is 39.0 Å². The number of nitrogens with one attached hydrogen (secondary N) is 1. The van der Waals surface area contributed by atoms with Crippen LogP contribution in [-0.4, -0.2) is 26.4 Å². The fourth-order valence-corrected chi connectivity index (χ4v) is 2.58. The first-order valence-electron chi connectivity index (χ1n) is 6.85. The molecule has 0 saturated heterocycles. The second-order valence-corrected chi connectivity index (χ2v) is 5.62. The second kappa shape index (κ2) is 5.45. The normalized spacial score (nSPS) is 13.9. The van der Waals surface area contributed by atoms with Crippen LogP contribution in [0.3, 0.4) is 0 Å². The Labute approximate surface area is 127 Å². The summed E-state index contributed by atoms with van der Waals surface area (Å²) < 4.78 is 6.83. The van der Waals surface area contributed by atoms with Crippen molar-refractivity contribution in [1.29, 1.82) is 0 Å². The van der Waals surface area contributed by atoms with Crippen LogP contribution in [0.2, 0.25) is 0 Å². The van der Waals surface area contributed by atoms with Crippen LogP contribution < -0.4 is 5.32 Å². The SMILES string of the molecule is Cc1cc([C@](C)(O)CNc2c([N+](=O)[O-])c(C)nn2C)c(C)o1. The average molecular weight is 308 g/mol. The lowest BCUT2D eigenvalue weighted by atomic mass is 9.96. The summed E-state index contributed by atoms with van der Waals surface area (Å²) >= 11 is 0. The highest BCUT2D eigenvalue weighted by Crippen LogP contribution is 2.31. The summed E-state index contributed by atoms with van der Waals surface area (Å²) in [6.45, 7) is 6.87. The van der Waals surface area contributed by atoms with Gasteiger partial charge in [0.2, 0.25) is 5.82 Å². The van der Waals surface area contributed by atoms with Gasteiger partial charge in [-0.25, -0.2) is 4.68 Å². The van der Waals surface area contributed by atoms with Gasteiger partial charge in [-0.3, -0.25) is 10.1 Å². The van der Waals surface area contributed by atoms with Crippen molar-refractivity contribution < 1.29 is 14.4 Å². The molecule has 0 aliphatic rings. The molecule has 1 atom stereocenters. The van der Waals surface area contributed by atoms with E-state index in [0.717, 1.165) is 0 Å². The molecule has 8 nitrogen and oxygen atoms in total. The molecule has 2 aromatic rings. The lowest BCUT2D eigenvalue weighted by Gasteiger charge is -2.23. The van der Waals surface area contributed by atoms with Gasteiger partial charge in [-0.2, -0.15) is 5.10 Å². The fourth-order valence-electron chi connectivity index (χ4n) is 2.58. The van der Waals surface area contributed by atoms with E-state index in [-0.39, 0.29) is 18.1 Å². The molecule has 2 heterocycles. The molecule has 2 rings (SSSR count). The molecular formula is C14H20N4O4. The molecule has 0 saturated carbocycles. The van der Waals surface area contributed by atoms with E-state index in [2.05, 4.69) is 10.4 Å². The number of furan rings is 1. The second-order valence-electron chi connectivity index (χ2n) is 5.62. The number of aliphatic hydroxyl groups is 1. The van der Waals surface area contributed by atoms with E-state index in [4.69, 9.17) is 4.42 Å². The van der Waals surface area contributed by atoms with Crippen LogP contribution in [0.15, 0.2) is 10.5 Å². The molecule has 0 bridgehead atoms. The minimum atomic E-state index is -1.23. The van der Waals surface area contributed by atoms with E-state index in [1.807, 2.05) is 0 Å². The maximum Gasteiger partial charge on any atom is 0.333 e. The highest BCUT2D eigenvalue weighted by Gasteiger charge is 2.30. The number of aryl methyl sites for hydroxylation is 4. The van der Waals surface area contributed by atoms with Gasteiger partial charge in [0.05, 0.1) is 4.92 Å². The van der Waals surface area contributed by atoms with Crippen LogP contribution in [0.5, 0.6) is 0 Å². The summed E-state index contributed by atoms with van der Waals surface area (Å²) in [5.41, 5.74) is -0.337. The number of aromatic nitrogens is 2. The lowest BCUT2D eigenvalue weighted by molar-refractivity contribution is -0.384. The van der Waals surface area contributed by atoms with Gasteiger partial charge < -0.3 is 14.8 Å². The van der Waals surface area contributed by atoms with Gasteiger partial charge in [0, 0.05) is 19.2 Å². The highest BCUT2D eigenvalue weighted by molar-refractivity contribution is 5.59. The van der Waals surface area contributed by atoms with Crippen molar-refractivity contribution in [3.63, 3.8) is 0 Å². The van der Waals surface area contributed by atoms with E-state index >= 15 is 0 Å². The third-order valence-corrected chi connectivity index (χ3v) is 3.59. The molecule has 0 amide bonds. The Morgan fingerprint density at radius 1 is 1.50 bits per heavy atom. The van der Waals surface area contributed by atoms with Gasteiger partial charge in [-0.1, -0.05) is 0 Å². The van der Waals surface area contributed by atoms with Crippen LogP contribution in [0.4, 0.5) is 11.5 Å². The Kier molecular flexibility index (Phi) is 3.97. The van der Waals surface area contributed by atoms with E-state index in [1.165, 1.54) is 4.68 Å². The summed E-state index contributed by atoms with van der Waals surface area (Å²) in [5, 5.41) is 28.8. The van der Waals surface area contributed by atoms with Crippen LogP contribution in [0.25, 0.3) is 0 Å². The molecule has 0 aliphatic carbocycles. The van der Waals surface area contributed by atoms with Crippen LogP contribution in [-0.2, 0) is 12.6 Å². The summed E-state index contributed by atoms with van der Waals surface area (Å²) in [6, 6.07) is 1.76. The summed E-state index contributed by atoms with van der Waals surface area (Å²) in [6.07, 6.45) is 0. The van der Waals surface area contributed by atoms with Crippen LogP contribution in [0.1, 0.15) is 29.7 Å². The van der Waals surface area contributed by atoms with E-state index in [0.29, 0.717) is 22.8 Å². The third-order valence-electron chi connectivity index (χ3n) is 3.59. The topological polar surface area (TPSA) is 106 Å². The molecule has 22 heavy (non-hydrogen) atoms. The lowest BCUT2D eigenvalue weighted by Crippen LogP contribution is -2.31. The monoisotopic (exact) mass is 308 g/mol. The van der Waals surface area contributed by atoms with Crippen molar-refractivity contribution in [2.24, 2.45) is 7.05 Å². The molecule has 0 aliphatic heterocycles. The molecular weight excluding hydrogens is 288 g/mol. The number of nitrogens with zero attached hydrogens (tertiary/aromatic N) is 3. The smallest absolute Gasteiger partial charge is 0.333 e. The molecule has 2 aromatic heterocycles. The Morgan fingerprint density at radius 3 is 2.64 bits per heavy atom. The fraction of sp³-hybridized carbons (Fsp3) is 0.500. The van der Waals surface area contributed by atoms with Gasteiger partial charge in [0.15, 0.2) is 0 Å². The first kappa shape index (κ1) is 16.0. The van der Waals surface area contributed by atoms with E-state index in [9.17, 15) is 15.2 Å². The molecule has 0 radical (unpaired) electrons. The first-order chi connectivity index (χ1) is 10.1. The van der Waals surface area contributed by atoms with Gasteiger partial charge in [-0.15, -0.1) is 0 Å². The molecule has 0 fully saturated rings.